The molecule has 3 N–H and O–H groups in total. The maximum atomic E-state index is 12.7. The smallest absolute Gasteiger partial charge is 0.294 e. The molecule has 1 aromatic rings. The second-order valence-corrected chi connectivity index (χ2v) is 10.3. The van der Waals surface area contributed by atoms with Crippen molar-refractivity contribution >= 4 is 44.5 Å². The fraction of sp³-hybridized carbons (Fsp3) is 0.421. The fourth-order valence-electron chi connectivity index (χ4n) is 3.81. The molecule has 0 bridgehead atoms. The van der Waals surface area contributed by atoms with E-state index >= 15 is 0 Å². The quantitative estimate of drug-likeness (QED) is 0.700. The van der Waals surface area contributed by atoms with Crippen LogP contribution in [0.2, 0.25) is 0 Å². The first kappa shape index (κ1) is 20.1. The number of nitrogens with one attached hydrogen (secondary N) is 1. The normalized spacial score (nSPS) is 21.1. The van der Waals surface area contributed by atoms with Crippen molar-refractivity contribution in [3.8, 4) is 0 Å². The van der Waals surface area contributed by atoms with Gasteiger partial charge in [0.05, 0.1) is 9.80 Å². The largest absolute Gasteiger partial charge is 0.325 e. The van der Waals surface area contributed by atoms with Gasteiger partial charge < -0.3 is 5.32 Å². The predicted octanol–water partition coefficient (Wildman–Crippen LogP) is 2.58. The third-order valence-corrected chi connectivity index (χ3v) is 7.80. The summed E-state index contributed by atoms with van der Waals surface area (Å²) in [5.74, 6) is -0.941. The van der Waals surface area contributed by atoms with Crippen molar-refractivity contribution in [3.05, 3.63) is 34.7 Å². The van der Waals surface area contributed by atoms with Crippen LogP contribution in [0.25, 0.3) is 0 Å². The minimum atomic E-state index is -3.82. The molecule has 0 aromatic heterocycles. The summed E-state index contributed by atoms with van der Waals surface area (Å²) in [6, 6.07) is 5.32. The summed E-state index contributed by atoms with van der Waals surface area (Å²) in [5, 5.41) is 7.15. The number of hydrogen-bond acceptors (Lipinski definition) is 6. The second kappa shape index (κ2) is 7.26. The number of rotatable bonds is 4. The van der Waals surface area contributed by atoms with Crippen molar-refractivity contribution in [3.63, 3.8) is 0 Å². The molecule has 10 heteroatoms. The van der Waals surface area contributed by atoms with Gasteiger partial charge in [0.25, 0.3) is 11.1 Å². The summed E-state index contributed by atoms with van der Waals surface area (Å²) in [7, 11) is -3.82. The number of sulfonamides is 1. The highest BCUT2D eigenvalue weighted by atomic mass is 32.2. The van der Waals surface area contributed by atoms with Crippen LogP contribution in [0.1, 0.15) is 38.5 Å². The Kier molecular flexibility index (Phi) is 5.04. The van der Waals surface area contributed by atoms with Gasteiger partial charge in [-0.2, -0.15) is 0 Å². The Morgan fingerprint density at radius 1 is 1.10 bits per heavy atom. The van der Waals surface area contributed by atoms with Gasteiger partial charge >= 0.3 is 0 Å². The molecule has 0 radical (unpaired) electrons. The van der Waals surface area contributed by atoms with E-state index < -0.39 is 27.1 Å². The lowest BCUT2D eigenvalue weighted by atomic mass is 9.83. The van der Waals surface area contributed by atoms with Crippen LogP contribution < -0.4 is 10.5 Å². The van der Waals surface area contributed by atoms with E-state index in [9.17, 15) is 22.8 Å². The van der Waals surface area contributed by atoms with Crippen LogP contribution in [-0.4, -0.2) is 36.9 Å². The molecule has 29 heavy (non-hydrogen) atoms. The van der Waals surface area contributed by atoms with Gasteiger partial charge in [0.1, 0.15) is 6.54 Å². The van der Waals surface area contributed by atoms with Gasteiger partial charge in [-0.3, -0.25) is 19.3 Å². The summed E-state index contributed by atoms with van der Waals surface area (Å²) in [4.78, 5) is 38.7. The highest BCUT2D eigenvalue weighted by Crippen LogP contribution is 2.58. The molecule has 0 atom stereocenters. The van der Waals surface area contributed by atoms with Crippen LogP contribution in [0.4, 0.5) is 10.5 Å². The Labute approximate surface area is 172 Å². The van der Waals surface area contributed by atoms with Crippen molar-refractivity contribution in [1.29, 1.82) is 0 Å². The molecule has 8 nitrogen and oxygen atoms in total. The number of thioether (sulfide) groups is 1. The Balaban J connectivity index is 1.39. The van der Waals surface area contributed by atoms with E-state index in [1.165, 1.54) is 37.1 Å². The zero-order chi connectivity index (χ0) is 20.8. The van der Waals surface area contributed by atoms with Crippen LogP contribution in [0, 0.1) is 5.41 Å². The summed E-state index contributed by atoms with van der Waals surface area (Å²) in [6.07, 6.45) is 6.36. The highest BCUT2D eigenvalue weighted by Gasteiger charge is 2.46. The van der Waals surface area contributed by atoms with E-state index in [0.717, 1.165) is 47.9 Å². The molecule has 154 valence electrons. The minimum absolute atomic E-state index is 0.0754. The molecule has 3 aliphatic rings. The van der Waals surface area contributed by atoms with Crippen LogP contribution in [-0.2, 0) is 19.6 Å². The monoisotopic (exact) mass is 435 g/mol. The van der Waals surface area contributed by atoms with E-state index in [1.54, 1.807) is 0 Å². The Bertz CT molecular complexity index is 1010. The topological polar surface area (TPSA) is 127 Å². The van der Waals surface area contributed by atoms with Gasteiger partial charge in [0.15, 0.2) is 0 Å². The lowest BCUT2D eigenvalue weighted by Crippen LogP contribution is -2.36. The zero-order valence-electron chi connectivity index (χ0n) is 15.6. The van der Waals surface area contributed by atoms with Crippen LogP contribution in [0.3, 0.4) is 0 Å². The molecular formula is C19H21N3O5S2. The number of carbonyl (C=O) groups is 3. The fourth-order valence-corrected chi connectivity index (χ4v) is 5.30. The third-order valence-electron chi connectivity index (χ3n) is 5.81. The number of imide groups is 1. The summed E-state index contributed by atoms with van der Waals surface area (Å²) in [5.41, 5.74) is 1.86. The number of nitrogens with two attached hydrogens (primary N) is 1. The number of hydrogen-bond donors (Lipinski definition) is 2. The molecule has 2 aliphatic carbocycles. The number of allylic oxidation sites excluding steroid dienone is 1. The molecule has 1 aromatic carbocycles. The van der Waals surface area contributed by atoms with Gasteiger partial charge in [-0.15, -0.1) is 0 Å². The molecule has 1 heterocycles. The third kappa shape index (κ3) is 4.24. The van der Waals surface area contributed by atoms with Gasteiger partial charge in [0.2, 0.25) is 15.9 Å². The highest BCUT2D eigenvalue weighted by molar-refractivity contribution is 8.18. The van der Waals surface area contributed by atoms with Gasteiger partial charge in [-0.25, -0.2) is 13.6 Å². The summed E-state index contributed by atoms with van der Waals surface area (Å²) >= 11 is 0.918. The van der Waals surface area contributed by atoms with E-state index in [4.69, 9.17) is 5.14 Å². The van der Waals surface area contributed by atoms with Crippen molar-refractivity contribution in [1.82, 2.24) is 4.90 Å². The summed E-state index contributed by atoms with van der Waals surface area (Å²) in [6.45, 7) is -0.387. The molecule has 1 aliphatic heterocycles. The number of nitrogens with zero attached hydrogens (tertiary/aromatic N) is 1. The molecule has 4 rings (SSSR count). The Morgan fingerprint density at radius 3 is 2.28 bits per heavy atom. The van der Waals surface area contributed by atoms with E-state index in [0.29, 0.717) is 16.0 Å². The van der Waals surface area contributed by atoms with Gasteiger partial charge in [-0.1, -0.05) is 5.57 Å². The van der Waals surface area contributed by atoms with Crippen LogP contribution >= 0.6 is 11.8 Å². The molecule has 2 saturated carbocycles. The molecule has 0 unspecified atom stereocenters. The molecule has 1 saturated heterocycles. The zero-order valence-corrected chi connectivity index (χ0v) is 17.3. The first-order chi connectivity index (χ1) is 13.7. The minimum Gasteiger partial charge on any atom is -0.325 e. The van der Waals surface area contributed by atoms with Crippen molar-refractivity contribution in [2.75, 3.05) is 11.9 Å². The first-order valence-corrected chi connectivity index (χ1v) is 11.7. The average Bonchev–Trinajstić information content (AvgIpc) is 3.36. The number of amides is 3. The SMILES string of the molecule is NS(=O)(=O)c1ccc(NC(=O)CN2C(=O)SC(=C3CCC4(CC3)CC4)C2=O)cc1. The van der Waals surface area contributed by atoms with Crippen molar-refractivity contribution in [2.24, 2.45) is 10.6 Å². The maximum Gasteiger partial charge on any atom is 0.294 e. The standard InChI is InChI=1S/C19H21N3O5S2/c20-29(26,27)14-3-1-13(2-4-14)21-15(23)11-22-17(24)16(28-18(22)25)12-5-7-19(8-6-12)9-10-19/h1-4H,5-11H2,(H,21,23)(H2,20,26,27). The predicted molar refractivity (Wildman–Crippen MR) is 108 cm³/mol. The number of benzene rings is 1. The first-order valence-electron chi connectivity index (χ1n) is 9.35. The van der Waals surface area contributed by atoms with Crippen LogP contribution in [0.5, 0.6) is 0 Å². The second-order valence-electron chi connectivity index (χ2n) is 7.81. The Hall–Kier alpha value is -2.17. The van der Waals surface area contributed by atoms with Gasteiger partial charge in [0, 0.05) is 5.69 Å². The molecular weight excluding hydrogens is 414 g/mol. The van der Waals surface area contributed by atoms with E-state index in [1.807, 2.05) is 0 Å². The van der Waals surface area contributed by atoms with Crippen molar-refractivity contribution < 1.29 is 22.8 Å². The number of primary sulfonamides is 1. The number of anilines is 1. The average molecular weight is 436 g/mol. The molecule has 3 amide bonds. The number of carbonyl (C=O) groups excluding carboxylic acids is 3. The van der Waals surface area contributed by atoms with Crippen LogP contribution in [0.15, 0.2) is 39.6 Å². The lowest BCUT2D eigenvalue weighted by Gasteiger charge is -2.24. The Morgan fingerprint density at radius 2 is 1.72 bits per heavy atom. The molecule has 3 fully saturated rings. The van der Waals surface area contributed by atoms with E-state index in [2.05, 4.69) is 5.32 Å². The van der Waals surface area contributed by atoms with Crippen molar-refractivity contribution in [2.45, 2.75) is 43.4 Å². The van der Waals surface area contributed by atoms with Gasteiger partial charge in [-0.05, 0) is 80.0 Å². The van der Waals surface area contributed by atoms with E-state index in [-0.39, 0.29) is 11.4 Å². The lowest BCUT2D eigenvalue weighted by molar-refractivity contribution is -0.127. The maximum absolute atomic E-state index is 12.7. The summed E-state index contributed by atoms with van der Waals surface area (Å²) < 4.78 is 22.5. The molecule has 1 spiro atoms.